The summed E-state index contributed by atoms with van der Waals surface area (Å²) in [6.07, 6.45) is 0.225. The van der Waals surface area contributed by atoms with Crippen molar-refractivity contribution in [2.75, 3.05) is 17.2 Å². The topological polar surface area (TPSA) is 91.4 Å². The van der Waals surface area contributed by atoms with Crippen molar-refractivity contribution in [3.8, 4) is 11.3 Å². The summed E-state index contributed by atoms with van der Waals surface area (Å²) in [5.41, 5.74) is 2.85. The van der Waals surface area contributed by atoms with Crippen LogP contribution < -0.4 is 10.6 Å². The van der Waals surface area contributed by atoms with Crippen molar-refractivity contribution in [3.05, 3.63) is 65.5 Å². The van der Waals surface area contributed by atoms with E-state index in [2.05, 4.69) is 15.6 Å². The number of carbonyl (C=O) groups excluding carboxylic acids is 3. The van der Waals surface area contributed by atoms with Gasteiger partial charge in [0.1, 0.15) is 0 Å². The lowest BCUT2D eigenvalue weighted by atomic mass is 10.1. The minimum atomic E-state index is -0.364. The maximum Gasteiger partial charge on any atom is 0.257 e. The molecule has 2 heterocycles. The summed E-state index contributed by atoms with van der Waals surface area (Å²) in [5, 5.41) is 8.07. The average Bonchev–Trinajstić information content (AvgIpc) is 3.41. The Morgan fingerprint density at radius 2 is 1.78 bits per heavy atom. The smallest absolute Gasteiger partial charge is 0.257 e. The van der Waals surface area contributed by atoms with Gasteiger partial charge in [-0.1, -0.05) is 30.3 Å². The highest BCUT2D eigenvalue weighted by atomic mass is 32.1. The number of amides is 3. The molecule has 1 fully saturated rings. The molecule has 2 N–H and O–H groups in total. The second kappa shape index (κ2) is 9.32. The SMILES string of the molecule is CC(C)N1CC(C(=O)Nc2ccc(C(=O)Nc3nc(-c4ccccc4)cs3)cc2)CC1=O. The Kier molecular flexibility index (Phi) is 6.32. The van der Waals surface area contributed by atoms with Crippen LogP contribution in [0.2, 0.25) is 0 Å². The molecule has 7 nitrogen and oxygen atoms in total. The molecule has 1 unspecified atom stereocenters. The van der Waals surface area contributed by atoms with Gasteiger partial charge < -0.3 is 10.2 Å². The standard InChI is InChI=1S/C24H24N4O3S/c1-15(2)28-13-18(12-21(28)29)23(31)25-19-10-8-17(9-11-19)22(30)27-24-26-20(14-32-24)16-6-4-3-5-7-16/h3-11,14-15,18H,12-13H2,1-2H3,(H,25,31)(H,26,27,30). The van der Waals surface area contributed by atoms with E-state index in [0.29, 0.717) is 22.9 Å². The number of likely N-dealkylation sites (tertiary alicyclic amines) is 1. The highest BCUT2D eigenvalue weighted by Crippen LogP contribution is 2.25. The van der Waals surface area contributed by atoms with Gasteiger partial charge in [-0.3, -0.25) is 19.7 Å². The molecule has 3 aromatic rings. The molecular formula is C24H24N4O3S. The Bertz CT molecular complexity index is 1130. The van der Waals surface area contributed by atoms with Gasteiger partial charge in [0.2, 0.25) is 11.8 Å². The Balaban J connectivity index is 1.34. The zero-order valence-corrected chi connectivity index (χ0v) is 18.7. The quantitative estimate of drug-likeness (QED) is 0.590. The maximum atomic E-state index is 12.6. The number of benzene rings is 2. The molecule has 0 radical (unpaired) electrons. The van der Waals surface area contributed by atoms with E-state index in [1.54, 1.807) is 29.2 Å². The van der Waals surface area contributed by atoms with Gasteiger partial charge in [-0.15, -0.1) is 11.3 Å². The Hall–Kier alpha value is -3.52. The predicted molar refractivity (Wildman–Crippen MR) is 126 cm³/mol. The lowest BCUT2D eigenvalue weighted by Crippen LogP contribution is -2.33. The molecule has 2 aromatic carbocycles. The van der Waals surface area contributed by atoms with Crippen LogP contribution in [0, 0.1) is 5.92 Å². The van der Waals surface area contributed by atoms with Gasteiger partial charge in [0.15, 0.2) is 5.13 Å². The first kappa shape index (κ1) is 21.7. The lowest BCUT2D eigenvalue weighted by molar-refractivity contribution is -0.129. The third-order valence-corrected chi connectivity index (χ3v) is 6.12. The third-order valence-electron chi connectivity index (χ3n) is 5.36. The van der Waals surface area contributed by atoms with Gasteiger partial charge in [-0.2, -0.15) is 0 Å². The van der Waals surface area contributed by atoms with E-state index in [4.69, 9.17) is 0 Å². The van der Waals surface area contributed by atoms with Crippen molar-refractivity contribution in [1.29, 1.82) is 0 Å². The lowest BCUT2D eigenvalue weighted by Gasteiger charge is -2.20. The fraction of sp³-hybridized carbons (Fsp3) is 0.250. The Morgan fingerprint density at radius 3 is 2.44 bits per heavy atom. The number of hydrogen-bond acceptors (Lipinski definition) is 5. The van der Waals surface area contributed by atoms with Crippen molar-refractivity contribution < 1.29 is 14.4 Å². The van der Waals surface area contributed by atoms with Gasteiger partial charge in [0, 0.05) is 41.2 Å². The van der Waals surface area contributed by atoms with E-state index in [9.17, 15) is 14.4 Å². The minimum absolute atomic E-state index is 0.00442. The van der Waals surface area contributed by atoms with E-state index in [0.717, 1.165) is 11.3 Å². The van der Waals surface area contributed by atoms with Gasteiger partial charge >= 0.3 is 0 Å². The van der Waals surface area contributed by atoms with E-state index >= 15 is 0 Å². The largest absolute Gasteiger partial charge is 0.339 e. The summed E-state index contributed by atoms with van der Waals surface area (Å²) in [7, 11) is 0. The van der Waals surface area contributed by atoms with Crippen molar-refractivity contribution in [1.82, 2.24) is 9.88 Å². The van der Waals surface area contributed by atoms with Crippen LogP contribution in [0.25, 0.3) is 11.3 Å². The Labute approximate surface area is 190 Å². The molecule has 0 aliphatic carbocycles. The Morgan fingerprint density at radius 1 is 1.06 bits per heavy atom. The first-order valence-electron chi connectivity index (χ1n) is 10.4. The first-order chi connectivity index (χ1) is 15.4. The summed E-state index contributed by atoms with van der Waals surface area (Å²) in [5.74, 6) is -0.818. The molecule has 4 rings (SSSR count). The van der Waals surface area contributed by atoms with Crippen LogP contribution in [0.15, 0.2) is 60.0 Å². The number of nitrogens with zero attached hydrogens (tertiary/aromatic N) is 2. The summed E-state index contributed by atoms with van der Waals surface area (Å²) < 4.78 is 0. The zero-order valence-electron chi connectivity index (χ0n) is 17.9. The molecule has 0 saturated carbocycles. The van der Waals surface area contributed by atoms with E-state index in [1.807, 2.05) is 49.6 Å². The maximum absolute atomic E-state index is 12.6. The highest BCUT2D eigenvalue weighted by molar-refractivity contribution is 7.14. The molecule has 1 aliphatic heterocycles. The van der Waals surface area contributed by atoms with Crippen molar-refractivity contribution in [2.45, 2.75) is 26.3 Å². The summed E-state index contributed by atoms with van der Waals surface area (Å²) in [4.78, 5) is 43.3. The van der Waals surface area contributed by atoms with Crippen LogP contribution in [0.5, 0.6) is 0 Å². The number of carbonyl (C=O) groups is 3. The van der Waals surface area contributed by atoms with Crippen molar-refractivity contribution in [3.63, 3.8) is 0 Å². The fourth-order valence-corrected chi connectivity index (χ4v) is 4.31. The normalized spacial score (nSPS) is 15.8. The second-order valence-electron chi connectivity index (χ2n) is 7.97. The molecule has 1 atom stereocenters. The molecule has 0 bridgehead atoms. The highest BCUT2D eigenvalue weighted by Gasteiger charge is 2.35. The van der Waals surface area contributed by atoms with E-state index < -0.39 is 0 Å². The van der Waals surface area contributed by atoms with Crippen LogP contribution in [-0.2, 0) is 9.59 Å². The zero-order chi connectivity index (χ0) is 22.7. The number of aromatic nitrogens is 1. The van der Waals surface area contributed by atoms with Gasteiger partial charge in [-0.25, -0.2) is 4.98 Å². The number of rotatable bonds is 6. The van der Waals surface area contributed by atoms with Crippen LogP contribution in [0.3, 0.4) is 0 Å². The monoisotopic (exact) mass is 448 g/mol. The van der Waals surface area contributed by atoms with Crippen LogP contribution in [0.1, 0.15) is 30.6 Å². The minimum Gasteiger partial charge on any atom is -0.339 e. The number of nitrogens with one attached hydrogen (secondary N) is 2. The third kappa shape index (κ3) is 4.86. The number of thiazole rings is 1. The van der Waals surface area contributed by atoms with Gasteiger partial charge in [0.25, 0.3) is 5.91 Å². The molecule has 164 valence electrons. The molecule has 1 aliphatic rings. The van der Waals surface area contributed by atoms with Crippen molar-refractivity contribution in [2.24, 2.45) is 5.92 Å². The molecule has 8 heteroatoms. The number of hydrogen-bond donors (Lipinski definition) is 2. The second-order valence-corrected chi connectivity index (χ2v) is 8.82. The van der Waals surface area contributed by atoms with Crippen molar-refractivity contribution >= 4 is 39.9 Å². The number of anilines is 2. The molecule has 0 spiro atoms. The predicted octanol–water partition coefficient (Wildman–Crippen LogP) is 4.26. The average molecular weight is 449 g/mol. The first-order valence-corrected chi connectivity index (χ1v) is 11.3. The molecule has 32 heavy (non-hydrogen) atoms. The van der Waals surface area contributed by atoms with E-state index in [-0.39, 0.29) is 36.1 Å². The molecule has 1 saturated heterocycles. The summed E-state index contributed by atoms with van der Waals surface area (Å²) in [6.45, 7) is 4.31. The van der Waals surface area contributed by atoms with E-state index in [1.165, 1.54) is 11.3 Å². The van der Waals surface area contributed by atoms with Gasteiger partial charge in [-0.05, 0) is 38.1 Å². The molecule has 3 amide bonds. The van der Waals surface area contributed by atoms with Crippen LogP contribution in [-0.4, -0.2) is 40.2 Å². The van der Waals surface area contributed by atoms with Crippen LogP contribution >= 0.6 is 11.3 Å². The van der Waals surface area contributed by atoms with Gasteiger partial charge in [0.05, 0.1) is 11.6 Å². The fourth-order valence-electron chi connectivity index (χ4n) is 3.60. The summed E-state index contributed by atoms with van der Waals surface area (Å²) >= 11 is 1.36. The molecule has 1 aromatic heterocycles. The summed E-state index contributed by atoms with van der Waals surface area (Å²) in [6, 6.07) is 16.5. The van der Waals surface area contributed by atoms with Crippen LogP contribution in [0.4, 0.5) is 10.8 Å². The molecular weight excluding hydrogens is 424 g/mol.